The first-order valence-corrected chi connectivity index (χ1v) is 9.84. The molecule has 7 heteroatoms. The molecule has 0 unspecified atom stereocenters. The van der Waals surface area contributed by atoms with Gasteiger partial charge in [-0.1, -0.05) is 36.4 Å². The third-order valence-electron chi connectivity index (χ3n) is 4.85. The Balaban J connectivity index is 1.64. The third-order valence-corrected chi connectivity index (χ3v) is 4.85. The topological polar surface area (TPSA) is 59.5 Å². The van der Waals surface area contributed by atoms with Crippen molar-refractivity contribution < 1.29 is 23.1 Å². The molecule has 1 amide bonds. The minimum atomic E-state index is -0.889. The minimum absolute atomic E-state index is 0.0957. The van der Waals surface area contributed by atoms with Crippen molar-refractivity contribution in [2.24, 2.45) is 0 Å². The predicted octanol–water partition coefficient (Wildman–Crippen LogP) is 5.44. The molecule has 160 valence electrons. The highest BCUT2D eigenvalue weighted by atomic mass is 19.1. The van der Waals surface area contributed by atoms with E-state index >= 15 is 0 Å². The summed E-state index contributed by atoms with van der Waals surface area (Å²) in [6, 6.07) is 16.9. The summed E-state index contributed by atoms with van der Waals surface area (Å²) in [7, 11) is 1.64. The molecule has 1 aromatic heterocycles. The first kappa shape index (κ1) is 22.1. The Kier molecular flexibility index (Phi) is 7.07. The average molecular weight is 424 g/mol. The van der Waals surface area contributed by atoms with Crippen LogP contribution in [0.2, 0.25) is 0 Å². The standard InChI is InChI=1S/C24H22F2N2O3/c1-3-31-24(30)28(2)20-12-8-17(9-13-20)16-4-6-18(7-5-16)21(29)14-10-19-11-15-22(25)27-23(19)26/h4-9,11-13,15H,3,10,14H2,1-2H3. The van der Waals surface area contributed by atoms with E-state index in [2.05, 4.69) is 4.98 Å². The van der Waals surface area contributed by atoms with E-state index in [1.165, 1.54) is 11.0 Å². The van der Waals surface area contributed by atoms with Crippen LogP contribution in [0.15, 0.2) is 60.7 Å². The molecular weight excluding hydrogens is 402 g/mol. The van der Waals surface area contributed by atoms with Gasteiger partial charge in [-0.2, -0.15) is 13.8 Å². The molecule has 0 N–H and O–H groups in total. The van der Waals surface area contributed by atoms with Gasteiger partial charge in [0.25, 0.3) is 0 Å². The van der Waals surface area contributed by atoms with E-state index < -0.39 is 18.0 Å². The number of aromatic nitrogens is 1. The van der Waals surface area contributed by atoms with Gasteiger partial charge >= 0.3 is 6.09 Å². The average Bonchev–Trinajstić information content (AvgIpc) is 2.78. The Morgan fingerprint density at radius 3 is 2.13 bits per heavy atom. The molecule has 0 spiro atoms. The van der Waals surface area contributed by atoms with Gasteiger partial charge in [-0.3, -0.25) is 9.69 Å². The lowest BCUT2D eigenvalue weighted by atomic mass is 9.99. The molecule has 0 aliphatic rings. The zero-order chi connectivity index (χ0) is 22.4. The van der Waals surface area contributed by atoms with Gasteiger partial charge in [0.15, 0.2) is 5.78 Å². The second kappa shape index (κ2) is 9.93. The second-order valence-corrected chi connectivity index (χ2v) is 6.89. The fourth-order valence-electron chi connectivity index (χ4n) is 3.07. The van der Waals surface area contributed by atoms with Crippen molar-refractivity contribution in [3.63, 3.8) is 0 Å². The Bertz CT molecular complexity index is 1070. The van der Waals surface area contributed by atoms with Crippen LogP contribution in [0.25, 0.3) is 11.1 Å². The molecule has 3 rings (SSSR count). The van der Waals surface area contributed by atoms with Crippen LogP contribution in [0.4, 0.5) is 19.3 Å². The molecule has 0 saturated carbocycles. The van der Waals surface area contributed by atoms with E-state index in [9.17, 15) is 18.4 Å². The van der Waals surface area contributed by atoms with Gasteiger partial charge in [0.1, 0.15) is 0 Å². The van der Waals surface area contributed by atoms with Crippen molar-refractivity contribution >= 4 is 17.6 Å². The zero-order valence-electron chi connectivity index (χ0n) is 17.3. The molecule has 1 heterocycles. The summed E-state index contributed by atoms with van der Waals surface area (Å²) in [5, 5.41) is 0. The van der Waals surface area contributed by atoms with Crippen molar-refractivity contribution in [3.05, 3.63) is 83.7 Å². The van der Waals surface area contributed by atoms with Crippen molar-refractivity contribution in [2.45, 2.75) is 19.8 Å². The molecule has 0 fully saturated rings. The fourth-order valence-corrected chi connectivity index (χ4v) is 3.07. The highest BCUT2D eigenvalue weighted by molar-refractivity contribution is 5.96. The van der Waals surface area contributed by atoms with E-state index in [0.717, 1.165) is 17.2 Å². The van der Waals surface area contributed by atoms with E-state index in [-0.39, 0.29) is 24.2 Å². The molecule has 0 bridgehead atoms. The van der Waals surface area contributed by atoms with Gasteiger partial charge < -0.3 is 4.74 Å². The van der Waals surface area contributed by atoms with Crippen LogP contribution in [0.5, 0.6) is 0 Å². The fraction of sp³-hybridized carbons (Fsp3) is 0.208. The van der Waals surface area contributed by atoms with Crippen LogP contribution >= 0.6 is 0 Å². The van der Waals surface area contributed by atoms with Crippen molar-refractivity contribution in [3.8, 4) is 11.1 Å². The van der Waals surface area contributed by atoms with Crippen molar-refractivity contribution in [2.75, 3.05) is 18.6 Å². The Hall–Kier alpha value is -3.61. The van der Waals surface area contributed by atoms with E-state index in [4.69, 9.17) is 4.74 Å². The Morgan fingerprint density at radius 1 is 0.935 bits per heavy atom. The monoisotopic (exact) mass is 424 g/mol. The number of benzene rings is 2. The number of pyridine rings is 1. The smallest absolute Gasteiger partial charge is 0.413 e. The number of amides is 1. The summed E-state index contributed by atoms with van der Waals surface area (Å²) < 4.78 is 31.5. The van der Waals surface area contributed by atoms with Crippen LogP contribution < -0.4 is 4.90 Å². The minimum Gasteiger partial charge on any atom is -0.449 e. The lowest BCUT2D eigenvalue weighted by molar-refractivity contribution is 0.0982. The van der Waals surface area contributed by atoms with Gasteiger partial charge in [0.05, 0.1) is 6.61 Å². The Morgan fingerprint density at radius 2 is 1.55 bits per heavy atom. The maximum absolute atomic E-state index is 13.6. The second-order valence-electron chi connectivity index (χ2n) is 6.89. The van der Waals surface area contributed by atoms with E-state index in [1.54, 1.807) is 26.1 Å². The lowest BCUT2D eigenvalue weighted by Crippen LogP contribution is -2.26. The van der Waals surface area contributed by atoms with Gasteiger partial charge in [-0.25, -0.2) is 4.79 Å². The predicted molar refractivity (Wildman–Crippen MR) is 114 cm³/mol. The number of hydrogen-bond donors (Lipinski definition) is 0. The summed E-state index contributed by atoms with van der Waals surface area (Å²) in [4.78, 5) is 28.8. The number of carbonyl (C=O) groups excluding carboxylic acids is 2. The van der Waals surface area contributed by atoms with Gasteiger partial charge in [-0.15, -0.1) is 0 Å². The van der Waals surface area contributed by atoms with Crippen molar-refractivity contribution in [1.29, 1.82) is 0 Å². The molecule has 0 saturated heterocycles. The number of anilines is 1. The van der Waals surface area contributed by atoms with Crippen LogP contribution in [0.3, 0.4) is 0 Å². The number of nitrogens with zero attached hydrogens (tertiary/aromatic N) is 2. The van der Waals surface area contributed by atoms with Crippen LogP contribution in [0, 0.1) is 11.9 Å². The lowest BCUT2D eigenvalue weighted by Gasteiger charge is -2.16. The number of ether oxygens (including phenoxy) is 1. The number of rotatable bonds is 7. The highest BCUT2D eigenvalue weighted by Gasteiger charge is 2.13. The van der Waals surface area contributed by atoms with Crippen LogP contribution in [0.1, 0.15) is 29.3 Å². The molecule has 0 aliphatic carbocycles. The molecule has 0 atom stereocenters. The summed E-state index contributed by atoms with van der Waals surface area (Å²) in [6.07, 6.45) is -0.178. The maximum atomic E-state index is 13.6. The van der Waals surface area contributed by atoms with Crippen LogP contribution in [-0.2, 0) is 11.2 Å². The van der Waals surface area contributed by atoms with Gasteiger partial charge in [-0.05, 0) is 48.7 Å². The normalized spacial score (nSPS) is 10.6. The van der Waals surface area contributed by atoms with E-state index in [0.29, 0.717) is 17.9 Å². The molecule has 31 heavy (non-hydrogen) atoms. The maximum Gasteiger partial charge on any atom is 0.413 e. The molecule has 0 aliphatic heterocycles. The van der Waals surface area contributed by atoms with Gasteiger partial charge in [0, 0.05) is 30.3 Å². The summed E-state index contributed by atoms with van der Waals surface area (Å²) >= 11 is 0. The number of ketones is 1. The number of Topliss-reactive ketones (excluding diaryl/α,β-unsaturated/α-hetero) is 1. The SMILES string of the molecule is CCOC(=O)N(C)c1ccc(-c2ccc(C(=O)CCc3ccc(F)nc3F)cc2)cc1. The summed E-state index contributed by atoms with van der Waals surface area (Å²) in [6.45, 7) is 2.06. The largest absolute Gasteiger partial charge is 0.449 e. The van der Waals surface area contributed by atoms with Crippen LogP contribution in [-0.4, -0.2) is 30.5 Å². The van der Waals surface area contributed by atoms with E-state index in [1.807, 2.05) is 36.4 Å². The first-order chi connectivity index (χ1) is 14.9. The molecular formula is C24H22F2N2O3. The highest BCUT2D eigenvalue weighted by Crippen LogP contribution is 2.24. The molecule has 3 aromatic rings. The van der Waals surface area contributed by atoms with Crippen molar-refractivity contribution in [1.82, 2.24) is 4.98 Å². The summed E-state index contributed by atoms with van der Waals surface area (Å²) in [5.74, 6) is -1.91. The summed E-state index contributed by atoms with van der Waals surface area (Å²) in [5.41, 5.74) is 3.27. The molecule has 5 nitrogen and oxygen atoms in total. The number of hydrogen-bond acceptors (Lipinski definition) is 4. The number of carbonyl (C=O) groups is 2. The molecule has 2 aromatic carbocycles. The zero-order valence-corrected chi connectivity index (χ0v) is 17.3. The van der Waals surface area contributed by atoms with Gasteiger partial charge in [0.2, 0.25) is 11.9 Å². The third kappa shape index (κ3) is 5.51. The quantitative estimate of drug-likeness (QED) is 0.375. The Labute approximate surface area is 179 Å². The molecule has 0 radical (unpaired) electrons. The number of halogens is 2. The number of aryl methyl sites for hydroxylation is 1. The first-order valence-electron chi connectivity index (χ1n) is 9.84.